The molecular weight excluding hydrogens is 412 g/mol. The number of nitrogens with one attached hydrogen (secondary N) is 1. The van der Waals surface area contributed by atoms with Gasteiger partial charge in [-0.1, -0.05) is 18.2 Å². The predicted molar refractivity (Wildman–Crippen MR) is 108 cm³/mol. The number of benzene rings is 2. The zero-order valence-electron chi connectivity index (χ0n) is 16.7. The quantitative estimate of drug-likeness (QED) is 0.687. The smallest absolute Gasteiger partial charge is 0.351 e. The van der Waals surface area contributed by atoms with E-state index in [1.807, 2.05) is 0 Å². The van der Waals surface area contributed by atoms with Crippen molar-refractivity contribution in [3.63, 3.8) is 0 Å². The van der Waals surface area contributed by atoms with Gasteiger partial charge >= 0.3 is 5.97 Å². The van der Waals surface area contributed by atoms with Crippen molar-refractivity contribution in [3.05, 3.63) is 48.0 Å². The fourth-order valence-electron chi connectivity index (χ4n) is 2.66. The molecule has 10 heteroatoms. The second-order valence-electron chi connectivity index (χ2n) is 6.78. The summed E-state index contributed by atoms with van der Waals surface area (Å²) in [6.07, 6.45) is -0.983. The Balaban J connectivity index is 1.59. The predicted octanol–water partition coefficient (Wildman–Crippen LogP) is 1.57. The van der Waals surface area contributed by atoms with E-state index in [1.54, 1.807) is 37.3 Å². The van der Waals surface area contributed by atoms with Crippen LogP contribution in [0.3, 0.4) is 0 Å². The summed E-state index contributed by atoms with van der Waals surface area (Å²) >= 11 is 0. The molecule has 0 spiro atoms. The number of amides is 1. The van der Waals surface area contributed by atoms with Crippen LogP contribution in [-0.2, 0) is 24.3 Å². The lowest BCUT2D eigenvalue weighted by Crippen LogP contribution is -2.39. The van der Waals surface area contributed by atoms with Crippen LogP contribution in [-0.4, -0.2) is 58.0 Å². The summed E-state index contributed by atoms with van der Waals surface area (Å²) in [7, 11) is -0.812. The van der Waals surface area contributed by atoms with Crippen molar-refractivity contribution in [1.29, 1.82) is 0 Å². The summed E-state index contributed by atoms with van der Waals surface area (Å²) in [6.45, 7) is 1.14. The first-order valence-corrected chi connectivity index (χ1v) is 10.5. The van der Waals surface area contributed by atoms with Crippen LogP contribution in [0, 0.1) is 6.92 Å². The van der Waals surface area contributed by atoms with Crippen LogP contribution < -0.4 is 14.8 Å². The van der Waals surface area contributed by atoms with E-state index >= 15 is 0 Å². The SMILES string of the molecule is Cc1ccc(S(=O)(=O)N(C)C)cc1NC(=O)COC(=O)[C@@H]1COc2ccccc2O1. The fraction of sp³-hybridized carbons (Fsp3) is 0.300. The summed E-state index contributed by atoms with van der Waals surface area (Å²) in [5, 5.41) is 2.56. The fourth-order valence-corrected chi connectivity index (χ4v) is 3.59. The number of hydrogen-bond acceptors (Lipinski definition) is 7. The van der Waals surface area contributed by atoms with Crippen molar-refractivity contribution in [2.45, 2.75) is 17.9 Å². The molecule has 0 unspecified atom stereocenters. The van der Waals surface area contributed by atoms with Crippen LogP contribution in [0.2, 0.25) is 0 Å². The third-order valence-corrected chi connectivity index (χ3v) is 6.19. The molecule has 2 aromatic rings. The maximum Gasteiger partial charge on any atom is 0.351 e. The number of rotatable bonds is 6. The molecule has 2 aromatic carbocycles. The van der Waals surface area contributed by atoms with E-state index in [-0.39, 0.29) is 11.5 Å². The molecule has 0 bridgehead atoms. The number of para-hydroxylation sites is 2. The first-order chi connectivity index (χ1) is 14.2. The second kappa shape index (κ2) is 8.72. The third kappa shape index (κ3) is 4.71. The molecule has 1 amide bonds. The standard InChI is InChI=1S/C20H22N2O7S/c1-13-8-9-14(30(25,26)22(2)3)10-15(13)21-19(23)12-28-20(24)18-11-27-16-6-4-5-7-17(16)29-18/h4-10,18H,11-12H2,1-3H3,(H,21,23)/t18-/m0/s1. The molecule has 1 N–H and O–H groups in total. The Morgan fingerprint density at radius 3 is 2.57 bits per heavy atom. The van der Waals surface area contributed by atoms with Crippen molar-refractivity contribution < 1.29 is 32.2 Å². The Kier molecular flexibility index (Phi) is 6.28. The first-order valence-electron chi connectivity index (χ1n) is 9.06. The largest absolute Gasteiger partial charge is 0.485 e. The summed E-state index contributed by atoms with van der Waals surface area (Å²) in [5.74, 6) is -0.393. The van der Waals surface area contributed by atoms with Gasteiger partial charge in [0, 0.05) is 19.8 Å². The van der Waals surface area contributed by atoms with Gasteiger partial charge in [0.25, 0.3) is 5.91 Å². The number of carbonyl (C=O) groups excluding carboxylic acids is 2. The molecule has 1 atom stereocenters. The van der Waals surface area contributed by atoms with E-state index in [2.05, 4.69) is 5.32 Å². The Hall–Kier alpha value is -3.11. The van der Waals surface area contributed by atoms with Crippen LogP contribution >= 0.6 is 0 Å². The van der Waals surface area contributed by atoms with E-state index in [9.17, 15) is 18.0 Å². The first kappa shape index (κ1) is 21.6. The topological polar surface area (TPSA) is 111 Å². The average molecular weight is 434 g/mol. The molecule has 0 aliphatic carbocycles. The van der Waals surface area contributed by atoms with Crippen LogP contribution in [0.4, 0.5) is 5.69 Å². The number of carbonyl (C=O) groups is 2. The monoisotopic (exact) mass is 434 g/mol. The lowest BCUT2D eigenvalue weighted by Gasteiger charge is -2.24. The number of hydrogen-bond donors (Lipinski definition) is 1. The van der Waals surface area contributed by atoms with Crippen molar-refractivity contribution in [2.24, 2.45) is 0 Å². The number of sulfonamides is 1. The molecule has 0 radical (unpaired) electrons. The van der Waals surface area contributed by atoms with Gasteiger partial charge in [0.15, 0.2) is 18.1 Å². The zero-order valence-corrected chi connectivity index (χ0v) is 17.6. The van der Waals surface area contributed by atoms with Crippen LogP contribution in [0.25, 0.3) is 0 Å². The molecule has 3 rings (SSSR count). The highest BCUT2D eigenvalue weighted by atomic mass is 32.2. The number of anilines is 1. The summed E-state index contributed by atoms with van der Waals surface area (Å²) in [4.78, 5) is 24.5. The minimum Gasteiger partial charge on any atom is -0.485 e. The highest BCUT2D eigenvalue weighted by Gasteiger charge is 2.29. The lowest BCUT2D eigenvalue weighted by molar-refractivity contribution is -0.156. The summed E-state index contributed by atoms with van der Waals surface area (Å²) in [5.41, 5.74) is 0.971. The van der Waals surface area contributed by atoms with E-state index in [1.165, 1.54) is 26.2 Å². The maximum absolute atomic E-state index is 12.3. The molecule has 0 fully saturated rings. The van der Waals surface area contributed by atoms with Crippen molar-refractivity contribution >= 4 is 27.6 Å². The van der Waals surface area contributed by atoms with Crippen LogP contribution in [0.1, 0.15) is 5.56 Å². The van der Waals surface area contributed by atoms with Gasteiger partial charge in [-0.25, -0.2) is 17.5 Å². The van der Waals surface area contributed by atoms with Crippen LogP contribution in [0.5, 0.6) is 11.5 Å². The Bertz CT molecular complexity index is 1070. The minimum absolute atomic E-state index is 0.0268. The Morgan fingerprint density at radius 2 is 1.87 bits per heavy atom. The average Bonchev–Trinajstić information content (AvgIpc) is 2.73. The molecule has 1 aliphatic rings. The van der Waals surface area contributed by atoms with E-state index in [0.29, 0.717) is 22.7 Å². The maximum atomic E-state index is 12.3. The van der Waals surface area contributed by atoms with Gasteiger partial charge in [-0.2, -0.15) is 0 Å². The van der Waals surface area contributed by atoms with Gasteiger partial charge in [-0.3, -0.25) is 4.79 Å². The Morgan fingerprint density at radius 1 is 1.17 bits per heavy atom. The van der Waals surface area contributed by atoms with Gasteiger partial charge in [-0.15, -0.1) is 0 Å². The lowest BCUT2D eigenvalue weighted by atomic mass is 10.2. The third-order valence-electron chi connectivity index (χ3n) is 4.38. The number of nitrogens with zero attached hydrogens (tertiary/aromatic N) is 1. The molecule has 0 saturated carbocycles. The highest BCUT2D eigenvalue weighted by molar-refractivity contribution is 7.89. The van der Waals surface area contributed by atoms with Gasteiger partial charge in [0.1, 0.15) is 6.61 Å². The zero-order chi connectivity index (χ0) is 21.9. The van der Waals surface area contributed by atoms with Gasteiger partial charge in [0.2, 0.25) is 16.1 Å². The van der Waals surface area contributed by atoms with E-state index in [4.69, 9.17) is 14.2 Å². The van der Waals surface area contributed by atoms with Crippen molar-refractivity contribution in [3.8, 4) is 11.5 Å². The molecule has 9 nitrogen and oxygen atoms in total. The summed E-state index contributed by atoms with van der Waals surface area (Å²) in [6, 6.07) is 11.3. The van der Waals surface area contributed by atoms with Gasteiger partial charge < -0.3 is 19.5 Å². The molecule has 1 aliphatic heterocycles. The number of esters is 1. The van der Waals surface area contributed by atoms with Gasteiger partial charge in [-0.05, 0) is 36.8 Å². The molecule has 30 heavy (non-hydrogen) atoms. The minimum atomic E-state index is -3.65. The molecule has 0 saturated heterocycles. The number of ether oxygens (including phenoxy) is 3. The molecule has 160 valence electrons. The molecule has 1 heterocycles. The molecular formula is C20H22N2O7S. The molecule has 0 aromatic heterocycles. The van der Waals surface area contributed by atoms with E-state index < -0.39 is 34.6 Å². The number of fused-ring (bicyclic) bond motifs is 1. The normalized spacial score (nSPS) is 15.5. The van der Waals surface area contributed by atoms with Crippen molar-refractivity contribution in [2.75, 3.05) is 32.6 Å². The van der Waals surface area contributed by atoms with Crippen LogP contribution in [0.15, 0.2) is 47.4 Å². The number of aryl methyl sites for hydroxylation is 1. The van der Waals surface area contributed by atoms with Gasteiger partial charge in [0.05, 0.1) is 4.90 Å². The van der Waals surface area contributed by atoms with E-state index in [0.717, 1.165) is 4.31 Å². The Labute approximate surface area is 174 Å². The second-order valence-corrected chi connectivity index (χ2v) is 8.94. The summed E-state index contributed by atoms with van der Waals surface area (Å²) < 4.78 is 41.6. The highest BCUT2D eigenvalue weighted by Crippen LogP contribution is 2.31. The van der Waals surface area contributed by atoms with Crippen molar-refractivity contribution in [1.82, 2.24) is 4.31 Å².